The summed E-state index contributed by atoms with van der Waals surface area (Å²) in [5.41, 5.74) is 1.15. The Labute approximate surface area is 136 Å². The zero-order chi connectivity index (χ0) is 15.7. The molecule has 0 radical (unpaired) electrons. The van der Waals surface area contributed by atoms with Gasteiger partial charge in [0.1, 0.15) is 12.0 Å². The summed E-state index contributed by atoms with van der Waals surface area (Å²) in [5.74, 6) is 0.133. The lowest BCUT2D eigenvalue weighted by Crippen LogP contribution is -2.38. The zero-order valence-electron chi connectivity index (χ0n) is 12.4. The van der Waals surface area contributed by atoms with Crippen molar-refractivity contribution in [2.24, 2.45) is 17.3 Å². The molecule has 2 aliphatic carbocycles. The van der Waals surface area contributed by atoms with Crippen LogP contribution in [0.5, 0.6) is 0 Å². The van der Waals surface area contributed by atoms with Gasteiger partial charge in [-0.15, -0.1) is 0 Å². The van der Waals surface area contributed by atoms with E-state index < -0.39 is 5.41 Å². The second-order valence-electron chi connectivity index (χ2n) is 6.09. The minimum atomic E-state index is -0.743. The number of allylic oxidation sites excluding steroid dienone is 3. The molecule has 3 atom stereocenters. The summed E-state index contributed by atoms with van der Waals surface area (Å²) < 4.78 is 5.61. The third kappa shape index (κ3) is 2.42. The second kappa shape index (κ2) is 5.77. The highest BCUT2D eigenvalue weighted by molar-refractivity contribution is 6.29. The van der Waals surface area contributed by atoms with Gasteiger partial charge in [0.25, 0.3) is 0 Å². The lowest BCUT2D eigenvalue weighted by molar-refractivity contribution is -0.156. The molecular formula is C19H19ClO2. The van der Waals surface area contributed by atoms with Gasteiger partial charge in [-0.2, -0.15) is 0 Å². The van der Waals surface area contributed by atoms with Crippen LogP contribution in [0.4, 0.5) is 0 Å². The van der Waals surface area contributed by atoms with E-state index in [9.17, 15) is 4.79 Å². The molecule has 2 bridgehead atoms. The molecule has 0 aliphatic heterocycles. The molecule has 0 saturated heterocycles. The molecule has 1 fully saturated rings. The van der Waals surface area contributed by atoms with Crippen LogP contribution >= 0.6 is 11.6 Å². The monoisotopic (exact) mass is 314 g/mol. The van der Waals surface area contributed by atoms with Crippen LogP contribution in [-0.4, -0.2) is 5.97 Å². The van der Waals surface area contributed by atoms with Crippen LogP contribution in [0.1, 0.15) is 18.4 Å². The Morgan fingerprint density at radius 2 is 2.05 bits per heavy atom. The molecule has 0 heterocycles. The highest BCUT2D eigenvalue weighted by Gasteiger charge is 2.57. The Hall–Kier alpha value is -1.80. The van der Waals surface area contributed by atoms with E-state index in [4.69, 9.17) is 16.3 Å². The number of hydrogen-bond acceptors (Lipinski definition) is 2. The third-order valence-electron chi connectivity index (χ3n) is 4.78. The topological polar surface area (TPSA) is 26.3 Å². The van der Waals surface area contributed by atoms with E-state index in [0.717, 1.165) is 17.6 Å². The highest BCUT2D eigenvalue weighted by atomic mass is 35.5. The van der Waals surface area contributed by atoms with Crippen LogP contribution < -0.4 is 0 Å². The number of fused-ring (bicyclic) bond motifs is 2. The molecule has 0 aromatic heterocycles. The van der Waals surface area contributed by atoms with Gasteiger partial charge in [-0.25, -0.2) is 0 Å². The zero-order valence-corrected chi connectivity index (χ0v) is 13.2. The second-order valence-corrected chi connectivity index (χ2v) is 6.62. The lowest BCUT2D eigenvalue weighted by Gasteiger charge is -2.34. The number of ether oxygens (including phenoxy) is 1. The summed E-state index contributed by atoms with van der Waals surface area (Å²) in [6.07, 6.45) is 5.55. The summed E-state index contributed by atoms with van der Waals surface area (Å²) in [7, 11) is 0. The molecule has 1 aromatic rings. The fourth-order valence-corrected chi connectivity index (χ4v) is 3.86. The Kier molecular flexibility index (Phi) is 3.96. The van der Waals surface area contributed by atoms with Crippen molar-refractivity contribution in [2.75, 3.05) is 0 Å². The van der Waals surface area contributed by atoms with E-state index in [0.29, 0.717) is 11.5 Å². The molecule has 2 nitrogen and oxygen atoms in total. The molecular weight excluding hydrogens is 296 g/mol. The smallest absolute Gasteiger partial charge is 0.317 e. The van der Waals surface area contributed by atoms with Gasteiger partial charge in [0.15, 0.2) is 0 Å². The molecule has 3 heteroatoms. The standard InChI is InChI=1S/C19H19ClO2/c1-13(20)11-19(14(2)16-8-9-17(19)10-16)18(21)22-12-15-6-4-3-5-7-15/h3-9,16-17H,1-2,10-12H2/t16-,17+,19-/m1/s1. The number of carbonyl (C=O) groups is 1. The predicted molar refractivity (Wildman–Crippen MR) is 88.2 cm³/mol. The van der Waals surface area contributed by atoms with Crippen molar-refractivity contribution in [2.45, 2.75) is 19.4 Å². The Bertz CT molecular complexity index is 647. The van der Waals surface area contributed by atoms with Gasteiger partial charge in [0, 0.05) is 11.5 Å². The lowest BCUT2D eigenvalue weighted by atomic mass is 9.70. The van der Waals surface area contributed by atoms with Gasteiger partial charge in [0.05, 0.1) is 0 Å². The van der Waals surface area contributed by atoms with Crippen molar-refractivity contribution < 1.29 is 9.53 Å². The Balaban J connectivity index is 1.81. The molecule has 0 unspecified atom stereocenters. The quantitative estimate of drug-likeness (QED) is 0.585. The fraction of sp³-hybridized carbons (Fsp3) is 0.316. The number of hydrogen-bond donors (Lipinski definition) is 0. The summed E-state index contributed by atoms with van der Waals surface area (Å²) >= 11 is 6.04. The summed E-state index contributed by atoms with van der Waals surface area (Å²) in [4.78, 5) is 12.9. The van der Waals surface area contributed by atoms with Gasteiger partial charge in [-0.05, 0) is 23.8 Å². The van der Waals surface area contributed by atoms with E-state index in [1.165, 1.54) is 0 Å². The third-order valence-corrected chi connectivity index (χ3v) is 4.92. The minimum Gasteiger partial charge on any atom is -0.460 e. The van der Waals surface area contributed by atoms with E-state index >= 15 is 0 Å². The van der Waals surface area contributed by atoms with Crippen LogP contribution in [0, 0.1) is 17.3 Å². The van der Waals surface area contributed by atoms with Crippen LogP contribution in [0.3, 0.4) is 0 Å². The Morgan fingerprint density at radius 3 is 2.64 bits per heavy atom. The summed E-state index contributed by atoms with van der Waals surface area (Å²) in [5, 5.41) is 0.471. The number of benzene rings is 1. The van der Waals surface area contributed by atoms with Crippen LogP contribution in [0.2, 0.25) is 0 Å². The van der Waals surface area contributed by atoms with Crippen LogP contribution in [0.15, 0.2) is 66.2 Å². The Morgan fingerprint density at radius 1 is 1.32 bits per heavy atom. The first kappa shape index (κ1) is 15.1. The number of halogens is 1. The summed E-state index contributed by atoms with van der Waals surface area (Å²) in [6, 6.07) is 9.68. The van der Waals surface area contributed by atoms with Crippen LogP contribution in [0.25, 0.3) is 0 Å². The normalized spacial score (nSPS) is 28.9. The van der Waals surface area contributed by atoms with E-state index in [1.54, 1.807) is 0 Å². The molecule has 1 aromatic carbocycles. The van der Waals surface area contributed by atoms with Gasteiger partial charge >= 0.3 is 5.97 Å². The maximum absolute atomic E-state index is 12.9. The van der Waals surface area contributed by atoms with Crippen molar-refractivity contribution in [1.29, 1.82) is 0 Å². The first-order chi connectivity index (χ1) is 10.5. The van der Waals surface area contributed by atoms with E-state index in [1.807, 2.05) is 30.3 Å². The molecule has 22 heavy (non-hydrogen) atoms. The maximum Gasteiger partial charge on any atom is 0.317 e. The van der Waals surface area contributed by atoms with Crippen LogP contribution in [-0.2, 0) is 16.1 Å². The fourth-order valence-electron chi connectivity index (χ4n) is 3.65. The van der Waals surface area contributed by atoms with Gasteiger partial charge in [-0.3, -0.25) is 4.79 Å². The molecule has 3 rings (SSSR count). The molecule has 0 N–H and O–H groups in total. The molecule has 0 spiro atoms. The summed E-state index contributed by atoms with van der Waals surface area (Å²) in [6.45, 7) is 8.21. The van der Waals surface area contributed by atoms with Gasteiger partial charge in [0.2, 0.25) is 0 Å². The highest BCUT2D eigenvalue weighted by Crippen LogP contribution is 2.58. The maximum atomic E-state index is 12.9. The van der Waals surface area contributed by atoms with Crippen molar-refractivity contribution >= 4 is 17.6 Å². The minimum absolute atomic E-state index is 0.115. The van der Waals surface area contributed by atoms with Gasteiger partial charge in [-0.1, -0.05) is 72.8 Å². The number of carbonyl (C=O) groups excluding carboxylic acids is 1. The van der Waals surface area contributed by atoms with Crippen molar-refractivity contribution in [3.63, 3.8) is 0 Å². The van der Waals surface area contributed by atoms with Crippen molar-refractivity contribution in [3.8, 4) is 0 Å². The molecule has 1 saturated carbocycles. The molecule has 0 amide bonds. The largest absolute Gasteiger partial charge is 0.460 e. The van der Waals surface area contributed by atoms with Crippen molar-refractivity contribution in [3.05, 3.63) is 71.8 Å². The van der Waals surface area contributed by atoms with Gasteiger partial charge < -0.3 is 4.74 Å². The average molecular weight is 315 g/mol. The predicted octanol–water partition coefficient (Wildman–Crippen LogP) is 4.62. The first-order valence-electron chi connectivity index (χ1n) is 7.46. The number of rotatable bonds is 5. The average Bonchev–Trinajstić information content (AvgIpc) is 3.08. The van der Waals surface area contributed by atoms with E-state index in [2.05, 4.69) is 25.3 Å². The molecule has 2 aliphatic rings. The SMILES string of the molecule is C=C(Cl)C[C@@]1(C(=O)OCc2ccccc2)C(=C)[C@@H]2C=C[C@H]1C2. The number of esters is 1. The van der Waals surface area contributed by atoms with E-state index in [-0.39, 0.29) is 24.4 Å². The van der Waals surface area contributed by atoms with Crippen molar-refractivity contribution in [1.82, 2.24) is 0 Å². The first-order valence-corrected chi connectivity index (χ1v) is 7.84. The molecule has 114 valence electrons.